The number of benzene rings is 6. The summed E-state index contributed by atoms with van der Waals surface area (Å²) in [5.41, 5.74) is 7.74. The van der Waals surface area contributed by atoms with Crippen LogP contribution in [0.3, 0.4) is 0 Å². The molecular weight excluding hydrogens is 384 g/mol. The molecule has 0 aliphatic heterocycles. The minimum absolute atomic E-state index is 1.27. The highest BCUT2D eigenvalue weighted by molar-refractivity contribution is 6.27. The largest absolute Gasteiger partial charge is 0.0616 e. The van der Waals surface area contributed by atoms with E-state index >= 15 is 0 Å². The molecule has 0 bridgehead atoms. The molecule has 0 saturated carbocycles. The van der Waals surface area contributed by atoms with Gasteiger partial charge in [-0.1, -0.05) is 120 Å². The Hall–Kier alpha value is -3.90. The van der Waals surface area contributed by atoms with Crippen molar-refractivity contribution in [1.82, 2.24) is 0 Å². The second-order valence-electron chi connectivity index (χ2n) is 8.74. The molecule has 0 heteroatoms. The predicted molar refractivity (Wildman–Crippen MR) is 139 cm³/mol. The van der Waals surface area contributed by atoms with Gasteiger partial charge in [0.1, 0.15) is 0 Å². The van der Waals surface area contributed by atoms with Crippen molar-refractivity contribution >= 4 is 32.3 Å². The van der Waals surface area contributed by atoms with Gasteiger partial charge in [0.2, 0.25) is 0 Å². The first-order chi connectivity index (χ1) is 15.7. The molecule has 0 atom stereocenters. The Morgan fingerprint density at radius 2 is 0.875 bits per heavy atom. The van der Waals surface area contributed by atoms with Crippen molar-refractivity contribution in [2.24, 2.45) is 0 Å². The minimum Gasteiger partial charge on any atom is -0.0616 e. The Balaban J connectivity index is 1.89. The standard InChI is InChI=1S/C32H24/c1-21-11-15-24(16-12-21)30-27-9-5-6-10-28(27)31(25-17-13-22(2)14-18-25)32-26-8-4-3-7-23(26)19-20-29(30)32/h3-20H,1-2H3. The number of aryl methyl sites for hydroxylation is 2. The molecule has 6 rings (SSSR count). The highest BCUT2D eigenvalue weighted by Gasteiger charge is 2.18. The molecule has 0 nitrogen and oxygen atoms in total. The molecule has 6 aromatic rings. The summed E-state index contributed by atoms with van der Waals surface area (Å²) in [7, 11) is 0. The van der Waals surface area contributed by atoms with E-state index in [9.17, 15) is 0 Å². The van der Waals surface area contributed by atoms with Gasteiger partial charge in [0.25, 0.3) is 0 Å². The Bertz CT molecular complexity index is 1600. The third-order valence-corrected chi connectivity index (χ3v) is 6.59. The third-order valence-electron chi connectivity index (χ3n) is 6.59. The second kappa shape index (κ2) is 7.35. The lowest BCUT2D eigenvalue weighted by atomic mass is 9.84. The summed E-state index contributed by atoms with van der Waals surface area (Å²) < 4.78 is 0. The average Bonchev–Trinajstić information content (AvgIpc) is 2.84. The molecule has 32 heavy (non-hydrogen) atoms. The zero-order valence-electron chi connectivity index (χ0n) is 18.4. The first-order valence-corrected chi connectivity index (χ1v) is 11.2. The molecule has 0 unspecified atom stereocenters. The van der Waals surface area contributed by atoms with Crippen molar-refractivity contribution in [1.29, 1.82) is 0 Å². The third kappa shape index (κ3) is 2.92. The Kier molecular flexibility index (Phi) is 4.33. The van der Waals surface area contributed by atoms with E-state index in [0.29, 0.717) is 0 Å². The first kappa shape index (κ1) is 18.8. The second-order valence-corrected chi connectivity index (χ2v) is 8.74. The predicted octanol–water partition coefficient (Wildman–Crippen LogP) is 9.10. The van der Waals surface area contributed by atoms with Crippen LogP contribution < -0.4 is 0 Å². The maximum atomic E-state index is 2.32. The van der Waals surface area contributed by atoms with Crippen molar-refractivity contribution in [3.05, 3.63) is 120 Å². The quantitative estimate of drug-likeness (QED) is 0.198. The van der Waals surface area contributed by atoms with E-state index in [1.165, 1.54) is 65.7 Å². The normalized spacial score (nSPS) is 11.4. The molecule has 0 radical (unpaired) electrons. The summed E-state index contributed by atoms with van der Waals surface area (Å²) in [6.07, 6.45) is 0. The number of rotatable bonds is 2. The van der Waals surface area contributed by atoms with Crippen molar-refractivity contribution in [2.45, 2.75) is 13.8 Å². The van der Waals surface area contributed by atoms with Crippen LogP contribution in [0.5, 0.6) is 0 Å². The van der Waals surface area contributed by atoms with E-state index in [4.69, 9.17) is 0 Å². The van der Waals surface area contributed by atoms with Crippen molar-refractivity contribution in [2.75, 3.05) is 0 Å². The molecule has 0 spiro atoms. The molecule has 0 N–H and O–H groups in total. The molecule has 0 amide bonds. The fraction of sp³-hybridized carbons (Fsp3) is 0.0625. The molecule has 6 aromatic carbocycles. The molecule has 0 heterocycles. The fourth-order valence-electron chi connectivity index (χ4n) is 5.00. The fourth-order valence-corrected chi connectivity index (χ4v) is 5.00. The zero-order chi connectivity index (χ0) is 21.7. The van der Waals surface area contributed by atoms with Gasteiger partial charge in [-0.15, -0.1) is 0 Å². The lowest BCUT2D eigenvalue weighted by molar-refractivity contribution is 1.47. The van der Waals surface area contributed by atoms with E-state index < -0.39 is 0 Å². The lowest BCUT2D eigenvalue weighted by Crippen LogP contribution is -1.92. The van der Waals surface area contributed by atoms with E-state index in [2.05, 4.69) is 123 Å². The van der Waals surface area contributed by atoms with Crippen LogP contribution in [0.15, 0.2) is 109 Å². The molecular formula is C32H24. The van der Waals surface area contributed by atoms with Crippen LogP contribution >= 0.6 is 0 Å². The highest BCUT2D eigenvalue weighted by atomic mass is 14.2. The first-order valence-electron chi connectivity index (χ1n) is 11.2. The van der Waals surface area contributed by atoms with Gasteiger partial charge in [0.15, 0.2) is 0 Å². The van der Waals surface area contributed by atoms with Crippen molar-refractivity contribution in [3.8, 4) is 22.3 Å². The van der Waals surface area contributed by atoms with Gasteiger partial charge in [-0.2, -0.15) is 0 Å². The van der Waals surface area contributed by atoms with Gasteiger partial charge in [-0.25, -0.2) is 0 Å². The topological polar surface area (TPSA) is 0 Å². The van der Waals surface area contributed by atoms with Crippen LogP contribution in [0.1, 0.15) is 11.1 Å². The van der Waals surface area contributed by atoms with E-state index in [1.54, 1.807) is 0 Å². The smallest absolute Gasteiger partial charge is 0.00141 e. The van der Waals surface area contributed by atoms with Crippen LogP contribution in [0.25, 0.3) is 54.6 Å². The molecule has 0 saturated heterocycles. The lowest BCUT2D eigenvalue weighted by Gasteiger charge is -2.19. The molecule has 0 aliphatic rings. The molecule has 152 valence electrons. The molecule has 0 aliphatic carbocycles. The molecule has 0 aromatic heterocycles. The van der Waals surface area contributed by atoms with Crippen LogP contribution in [0.4, 0.5) is 0 Å². The van der Waals surface area contributed by atoms with Crippen molar-refractivity contribution in [3.63, 3.8) is 0 Å². The average molecular weight is 409 g/mol. The molecule has 0 fully saturated rings. The van der Waals surface area contributed by atoms with E-state index in [1.807, 2.05) is 0 Å². The summed E-state index contributed by atoms with van der Waals surface area (Å²) in [4.78, 5) is 0. The summed E-state index contributed by atoms with van der Waals surface area (Å²) >= 11 is 0. The van der Waals surface area contributed by atoms with Gasteiger partial charge in [0.05, 0.1) is 0 Å². The summed E-state index contributed by atoms with van der Waals surface area (Å²) in [6.45, 7) is 4.30. The number of hydrogen-bond donors (Lipinski definition) is 0. The van der Waals surface area contributed by atoms with Gasteiger partial charge >= 0.3 is 0 Å². The SMILES string of the molecule is Cc1ccc(-c2c3ccccc3c(-c3ccc(C)cc3)c3c2ccc2ccccc23)cc1. The van der Waals surface area contributed by atoms with Gasteiger partial charge in [-0.3, -0.25) is 0 Å². The van der Waals surface area contributed by atoms with Crippen LogP contribution in [0.2, 0.25) is 0 Å². The summed E-state index contributed by atoms with van der Waals surface area (Å²) in [6, 6.07) is 40.1. The van der Waals surface area contributed by atoms with Crippen LogP contribution in [-0.4, -0.2) is 0 Å². The maximum Gasteiger partial charge on any atom is -0.00141 e. The van der Waals surface area contributed by atoms with Gasteiger partial charge < -0.3 is 0 Å². The zero-order valence-corrected chi connectivity index (χ0v) is 18.4. The van der Waals surface area contributed by atoms with Crippen LogP contribution in [0, 0.1) is 13.8 Å². The number of hydrogen-bond acceptors (Lipinski definition) is 0. The Morgan fingerprint density at radius 3 is 1.50 bits per heavy atom. The van der Waals surface area contributed by atoms with E-state index in [-0.39, 0.29) is 0 Å². The van der Waals surface area contributed by atoms with Crippen LogP contribution in [-0.2, 0) is 0 Å². The Morgan fingerprint density at radius 1 is 0.375 bits per heavy atom. The summed E-state index contributed by atoms with van der Waals surface area (Å²) in [5, 5.41) is 7.83. The monoisotopic (exact) mass is 408 g/mol. The minimum atomic E-state index is 1.27. The maximum absolute atomic E-state index is 2.32. The van der Waals surface area contributed by atoms with Crippen molar-refractivity contribution < 1.29 is 0 Å². The highest BCUT2D eigenvalue weighted by Crippen LogP contribution is 2.46. The summed E-state index contributed by atoms with van der Waals surface area (Å²) in [5.74, 6) is 0. The van der Waals surface area contributed by atoms with Gasteiger partial charge in [-0.05, 0) is 68.4 Å². The van der Waals surface area contributed by atoms with Gasteiger partial charge in [0, 0.05) is 0 Å². The van der Waals surface area contributed by atoms with E-state index in [0.717, 1.165) is 0 Å². The number of fused-ring (bicyclic) bond motifs is 4. The Labute approximate surface area is 188 Å².